The van der Waals surface area contributed by atoms with E-state index in [2.05, 4.69) is 5.32 Å². The second kappa shape index (κ2) is 8.88. The molecule has 32 heavy (non-hydrogen) atoms. The molecule has 0 fully saturated rings. The number of hydrogen-bond donors (Lipinski definition) is 1. The first-order valence-electron chi connectivity index (χ1n) is 9.79. The largest absolute Gasteiger partial charge is 0.497 e. The number of ether oxygens (including phenoxy) is 2. The van der Waals surface area contributed by atoms with Gasteiger partial charge in [-0.2, -0.15) is 0 Å². The van der Waals surface area contributed by atoms with Crippen molar-refractivity contribution >= 4 is 29.1 Å². The van der Waals surface area contributed by atoms with Gasteiger partial charge in [0.25, 0.3) is 5.91 Å². The fourth-order valence-electron chi connectivity index (χ4n) is 3.80. The molecular weight excluding hydrogens is 435 g/mol. The molecule has 0 saturated carbocycles. The number of amides is 2. The van der Waals surface area contributed by atoms with Crippen molar-refractivity contribution in [2.24, 2.45) is 0 Å². The summed E-state index contributed by atoms with van der Waals surface area (Å²) in [5.74, 6) is -0.360. The number of nitrogens with one attached hydrogen (secondary N) is 1. The molecule has 0 aromatic heterocycles. The van der Waals surface area contributed by atoms with Crippen LogP contribution in [-0.4, -0.2) is 37.5 Å². The van der Waals surface area contributed by atoms with Crippen molar-refractivity contribution in [2.45, 2.75) is 6.04 Å². The molecule has 3 aromatic rings. The molecule has 164 valence electrons. The molecule has 0 unspecified atom stereocenters. The Labute approximate surface area is 189 Å². The molecule has 4 rings (SSSR count). The van der Waals surface area contributed by atoms with Crippen LogP contribution >= 0.6 is 11.6 Å². The van der Waals surface area contributed by atoms with Gasteiger partial charge in [-0.25, -0.2) is 4.39 Å². The van der Waals surface area contributed by atoms with E-state index in [1.807, 2.05) is 0 Å². The fraction of sp³-hybridized carbons (Fsp3) is 0.167. The average Bonchev–Trinajstić information content (AvgIpc) is 2.94. The van der Waals surface area contributed by atoms with E-state index in [-0.39, 0.29) is 18.0 Å². The summed E-state index contributed by atoms with van der Waals surface area (Å²) in [7, 11) is 2.97. The topological polar surface area (TPSA) is 67.9 Å². The summed E-state index contributed by atoms with van der Waals surface area (Å²) in [4.78, 5) is 27.9. The highest BCUT2D eigenvalue weighted by Crippen LogP contribution is 2.39. The second-order valence-electron chi connectivity index (χ2n) is 7.23. The minimum atomic E-state index is -0.692. The van der Waals surface area contributed by atoms with Gasteiger partial charge in [0.05, 0.1) is 25.8 Å². The van der Waals surface area contributed by atoms with Gasteiger partial charge in [0.2, 0.25) is 5.91 Å². The van der Waals surface area contributed by atoms with E-state index in [0.29, 0.717) is 33.3 Å². The van der Waals surface area contributed by atoms with Crippen molar-refractivity contribution in [2.75, 3.05) is 26.1 Å². The first-order chi connectivity index (χ1) is 15.4. The molecule has 1 N–H and O–H groups in total. The molecular formula is C24H20ClFN2O4. The summed E-state index contributed by atoms with van der Waals surface area (Å²) < 4.78 is 24.3. The highest BCUT2D eigenvalue weighted by atomic mass is 35.5. The minimum Gasteiger partial charge on any atom is -0.497 e. The lowest BCUT2D eigenvalue weighted by Gasteiger charge is -2.31. The first-order valence-corrected chi connectivity index (χ1v) is 10.2. The predicted octanol–water partition coefficient (Wildman–Crippen LogP) is 4.68. The molecule has 8 heteroatoms. The Balaban J connectivity index is 1.89. The SMILES string of the molecule is COc1ccc(C(=O)N2CC(=O)Nc3ccc(Cl)cc3[C@@H]2c2ccc(F)cc2)c(OC)c1. The zero-order valence-corrected chi connectivity index (χ0v) is 18.2. The number of carbonyl (C=O) groups excluding carboxylic acids is 2. The van der Waals surface area contributed by atoms with Crippen LogP contribution in [0.1, 0.15) is 27.5 Å². The lowest BCUT2D eigenvalue weighted by atomic mass is 9.95. The lowest BCUT2D eigenvalue weighted by molar-refractivity contribution is -0.117. The van der Waals surface area contributed by atoms with Gasteiger partial charge in [-0.05, 0) is 48.0 Å². The van der Waals surface area contributed by atoms with E-state index in [4.69, 9.17) is 21.1 Å². The number of benzene rings is 3. The summed E-state index contributed by atoms with van der Waals surface area (Å²) >= 11 is 6.26. The van der Waals surface area contributed by atoms with E-state index in [1.165, 1.54) is 31.3 Å². The lowest BCUT2D eigenvalue weighted by Crippen LogP contribution is -2.39. The Hall–Kier alpha value is -3.58. The van der Waals surface area contributed by atoms with Crippen LogP contribution in [0.4, 0.5) is 10.1 Å². The van der Waals surface area contributed by atoms with Crippen LogP contribution < -0.4 is 14.8 Å². The van der Waals surface area contributed by atoms with Crippen molar-refractivity contribution in [3.05, 3.63) is 88.2 Å². The number of fused-ring (bicyclic) bond motifs is 1. The summed E-state index contributed by atoms with van der Waals surface area (Å²) in [5.41, 5.74) is 2.05. The van der Waals surface area contributed by atoms with E-state index >= 15 is 0 Å². The smallest absolute Gasteiger partial charge is 0.258 e. The zero-order valence-electron chi connectivity index (χ0n) is 17.4. The van der Waals surface area contributed by atoms with Crippen molar-refractivity contribution in [3.8, 4) is 11.5 Å². The molecule has 0 radical (unpaired) electrons. The molecule has 3 aromatic carbocycles. The quantitative estimate of drug-likeness (QED) is 0.621. The number of halogens is 2. The van der Waals surface area contributed by atoms with Gasteiger partial charge in [0, 0.05) is 22.3 Å². The molecule has 0 spiro atoms. The maximum absolute atomic E-state index is 13.7. The van der Waals surface area contributed by atoms with Crippen LogP contribution in [-0.2, 0) is 4.79 Å². The third kappa shape index (κ3) is 4.11. The second-order valence-corrected chi connectivity index (χ2v) is 7.67. The van der Waals surface area contributed by atoms with Crippen molar-refractivity contribution in [3.63, 3.8) is 0 Å². The average molecular weight is 455 g/mol. The maximum Gasteiger partial charge on any atom is 0.258 e. The van der Waals surface area contributed by atoms with E-state index < -0.39 is 17.8 Å². The normalized spacial score (nSPS) is 15.4. The standard InChI is InChI=1S/C24H20ClFN2O4/c1-31-17-8-9-18(21(12-17)32-2)24(30)28-13-22(29)27-20-10-5-15(25)11-19(20)23(28)14-3-6-16(26)7-4-14/h3-12,23H,13H2,1-2H3,(H,27,29)/t23-/m0/s1. The van der Waals surface area contributed by atoms with Crippen LogP contribution in [0.3, 0.4) is 0 Å². The highest BCUT2D eigenvalue weighted by molar-refractivity contribution is 6.30. The third-order valence-corrected chi connectivity index (χ3v) is 5.53. The van der Waals surface area contributed by atoms with Crippen molar-refractivity contribution < 1.29 is 23.5 Å². The van der Waals surface area contributed by atoms with E-state index in [9.17, 15) is 14.0 Å². The first kappa shape index (κ1) is 21.6. The Kier molecular flexibility index (Phi) is 6.01. The highest BCUT2D eigenvalue weighted by Gasteiger charge is 2.35. The molecule has 1 atom stereocenters. The Morgan fingerprint density at radius 2 is 1.81 bits per heavy atom. The molecule has 0 saturated heterocycles. The number of methoxy groups -OCH3 is 2. The monoisotopic (exact) mass is 454 g/mol. The minimum absolute atomic E-state index is 0.220. The van der Waals surface area contributed by atoms with E-state index in [1.54, 1.807) is 48.5 Å². The molecule has 1 aliphatic heterocycles. The summed E-state index contributed by atoms with van der Waals surface area (Å²) in [6.07, 6.45) is 0. The summed E-state index contributed by atoms with van der Waals surface area (Å²) in [6, 6.07) is 15.0. The van der Waals surface area contributed by atoms with Crippen LogP contribution in [0, 0.1) is 5.82 Å². The number of rotatable bonds is 4. The van der Waals surface area contributed by atoms with Crippen LogP contribution in [0.25, 0.3) is 0 Å². The van der Waals surface area contributed by atoms with E-state index in [0.717, 1.165) is 0 Å². The Morgan fingerprint density at radius 3 is 2.50 bits per heavy atom. The number of carbonyl (C=O) groups is 2. The van der Waals surface area contributed by atoms with Gasteiger partial charge in [-0.1, -0.05) is 23.7 Å². The van der Waals surface area contributed by atoms with Crippen LogP contribution in [0.5, 0.6) is 11.5 Å². The van der Waals surface area contributed by atoms with Crippen molar-refractivity contribution in [1.29, 1.82) is 0 Å². The molecule has 1 heterocycles. The fourth-order valence-corrected chi connectivity index (χ4v) is 3.98. The van der Waals surface area contributed by atoms with Gasteiger partial charge < -0.3 is 19.7 Å². The molecule has 6 nitrogen and oxygen atoms in total. The number of hydrogen-bond acceptors (Lipinski definition) is 4. The predicted molar refractivity (Wildman–Crippen MR) is 119 cm³/mol. The van der Waals surface area contributed by atoms with Gasteiger partial charge >= 0.3 is 0 Å². The van der Waals surface area contributed by atoms with Gasteiger partial charge in [-0.3, -0.25) is 9.59 Å². The molecule has 0 aliphatic carbocycles. The Bertz CT molecular complexity index is 1180. The van der Waals surface area contributed by atoms with Crippen molar-refractivity contribution in [1.82, 2.24) is 4.90 Å². The third-order valence-electron chi connectivity index (χ3n) is 5.29. The van der Waals surface area contributed by atoms with Gasteiger partial charge in [0.1, 0.15) is 23.9 Å². The van der Waals surface area contributed by atoms with Gasteiger partial charge in [-0.15, -0.1) is 0 Å². The Morgan fingerprint density at radius 1 is 1.06 bits per heavy atom. The molecule has 0 bridgehead atoms. The maximum atomic E-state index is 13.7. The summed E-state index contributed by atoms with van der Waals surface area (Å²) in [5, 5.41) is 3.27. The van der Waals surface area contributed by atoms with Gasteiger partial charge in [0.15, 0.2) is 0 Å². The zero-order chi connectivity index (χ0) is 22.8. The van der Waals surface area contributed by atoms with Crippen LogP contribution in [0.2, 0.25) is 5.02 Å². The summed E-state index contributed by atoms with van der Waals surface area (Å²) in [6.45, 7) is -0.220. The number of anilines is 1. The number of nitrogens with zero attached hydrogens (tertiary/aromatic N) is 1. The molecule has 1 aliphatic rings. The molecule has 2 amide bonds. The van der Waals surface area contributed by atoms with Crippen LogP contribution in [0.15, 0.2) is 60.7 Å².